The molecule has 1 heterocycles. The number of nitro groups is 1. The number of nitrogens with zero attached hydrogens (tertiary/aromatic N) is 2. The Balaban J connectivity index is 1.56. The lowest BCUT2D eigenvalue weighted by Crippen LogP contribution is -3.15. The summed E-state index contributed by atoms with van der Waals surface area (Å²) in [7, 11) is -3.93. The summed E-state index contributed by atoms with van der Waals surface area (Å²) in [6.07, 6.45) is 0. The van der Waals surface area contributed by atoms with Gasteiger partial charge in [-0.15, -0.1) is 0 Å². The number of halogens is 1. The first kappa shape index (κ1) is 20.2. The van der Waals surface area contributed by atoms with E-state index in [0.717, 1.165) is 4.90 Å². The van der Waals surface area contributed by atoms with Crippen LogP contribution in [0.2, 0.25) is 0 Å². The van der Waals surface area contributed by atoms with Crippen LogP contribution in [0.5, 0.6) is 5.75 Å². The van der Waals surface area contributed by atoms with Crippen LogP contribution in [0.4, 0.5) is 10.1 Å². The van der Waals surface area contributed by atoms with Gasteiger partial charge in [0.15, 0.2) is 16.5 Å². The molecule has 0 atom stereocenters. The molecule has 1 aliphatic heterocycles. The monoisotopic (exact) mass is 410 g/mol. The highest BCUT2D eigenvalue weighted by atomic mass is 32.2. The summed E-state index contributed by atoms with van der Waals surface area (Å²) in [5.41, 5.74) is -0.421. The van der Waals surface area contributed by atoms with Crippen molar-refractivity contribution in [3.8, 4) is 5.75 Å². The van der Waals surface area contributed by atoms with E-state index in [-0.39, 0.29) is 23.7 Å². The molecule has 1 N–H and O–H groups in total. The van der Waals surface area contributed by atoms with Crippen LogP contribution in [0.15, 0.2) is 53.4 Å². The molecule has 0 radical (unpaired) electrons. The van der Waals surface area contributed by atoms with Gasteiger partial charge in [-0.3, -0.25) is 10.1 Å². The van der Waals surface area contributed by atoms with E-state index in [4.69, 9.17) is 4.74 Å². The number of hydrogen-bond donors (Lipinski definition) is 1. The number of rotatable bonds is 7. The van der Waals surface area contributed by atoms with Gasteiger partial charge in [0.25, 0.3) is 5.69 Å². The highest BCUT2D eigenvalue weighted by Crippen LogP contribution is 2.26. The molecule has 0 amide bonds. The Labute approximate surface area is 162 Å². The van der Waals surface area contributed by atoms with Crippen molar-refractivity contribution in [1.82, 2.24) is 4.31 Å². The molecule has 1 fully saturated rings. The van der Waals surface area contributed by atoms with Gasteiger partial charge in [0.2, 0.25) is 10.0 Å². The fourth-order valence-corrected chi connectivity index (χ4v) is 4.72. The molecule has 0 bridgehead atoms. The molecule has 28 heavy (non-hydrogen) atoms. The van der Waals surface area contributed by atoms with Gasteiger partial charge in [-0.05, 0) is 18.2 Å². The maximum atomic E-state index is 13.5. The quantitative estimate of drug-likeness (QED) is 0.536. The molecule has 1 aliphatic rings. The minimum absolute atomic E-state index is 0.194. The minimum atomic E-state index is -3.93. The summed E-state index contributed by atoms with van der Waals surface area (Å²) < 4.78 is 45.9. The van der Waals surface area contributed by atoms with Gasteiger partial charge in [-0.2, -0.15) is 4.31 Å². The molecule has 8 nitrogen and oxygen atoms in total. The minimum Gasteiger partial charge on any atom is -0.485 e. The summed E-state index contributed by atoms with van der Waals surface area (Å²) in [6, 6.07) is 11.5. The van der Waals surface area contributed by atoms with Gasteiger partial charge < -0.3 is 9.64 Å². The Morgan fingerprint density at radius 1 is 1.11 bits per heavy atom. The van der Waals surface area contributed by atoms with Crippen LogP contribution in [0.3, 0.4) is 0 Å². The van der Waals surface area contributed by atoms with E-state index >= 15 is 0 Å². The third kappa shape index (κ3) is 4.46. The molecule has 150 valence electrons. The standard InChI is InChI=1S/C18H20FN3O5S/c19-15-5-1-3-7-17(15)27-14-13-20-9-11-21(12-10-20)28(25,26)18-8-4-2-6-16(18)22(23)24/h1-8H,9-14H2/p+1. The van der Waals surface area contributed by atoms with Crippen molar-refractivity contribution in [2.45, 2.75) is 4.90 Å². The summed E-state index contributed by atoms with van der Waals surface area (Å²) in [5.74, 6) is -0.225. The average Bonchev–Trinajstić information content (AvgIpc) is 2.70. The Kier molecular flexibility index (Phi) is 6.22. The molecule has 3 rings (SSSR count). The van der Waals surface area contributed by atoms with E-state index in [0.29, 0.717) is 26.2 Å². The number of nitrogens with one attached hydrogen (secondary N) is 1. The summed E-state index contributed by atoms with van der Waals surface area (Å²) in [4.78, 5) is 11.3. The Bertz CT molecular complexity index is 946. The molecule has 2 aromatic carbocycles. The van der Waals surface area contributed by atoms with Crippen molar-refractivity contribution in [3.63, 3.8) is 0 Å². The average molecular weight is 410 g/mol. The van der Waals surface area contributed by atoms with E-state index in [2.05, 4.69) is 0 Å². The van der Waals surface area contributed by atoms with Gasteiger partial charge in [0.05, 0.1) is 31.1 Å². The van der Waals surface area contributed by atoms with E-state index in [9.17, 15) is 22.9 Å². The Morgan fingerprint density at radius 2 is 1.75 bits per heavy atom. The normalized spacial score (nSPS) is 16.0. The third-order valence-corrected chi connectivity index (χ3v) is 6.61. The van der Waals surface area contributed by atoms with Crippen LogP contribution in [0, 0.1) is 15.9 Å². The molecule has 2 aromatic rings. The lowest BCUT2D eigenvalue weighted by molar-refractivity contribution is -0.903. The fourth-order valence-electron chi connectivity index (χ4n) is 3.13. The predicted molar refractivity (Wildman–Crippen MR) is 99.3 cm³/mol. The summed E-state index contributed by atoms with van der Waals surface area (Å²) in [6.45, 7) is 2.51. The van der Waals surface area contributed by atoms with E-state index in [1.54, 1.807) is 18.2 Å². The molecular formula is C18H21FN3O5S+. The van der Waals surface area contributed by atoms with Gasteiger partial charge in [-0.1, -0.05) is 24.3 Å². The molecule has 0 spiro atoms. The largest absolute Gasteiger partial charge is 0.485 e. The predicted octanol–water partition coefficient (Wildman–Crippen LogP) is 0.702. The Hall–Kier alpha value is -2.56. The topological polar surface area (TPSA) is 94.2 Å². The van der Waals surface area contributed by atoms with Crippen molar-refractivity contribution < 1.29 is 27.4 Å². The van der Waals surface area contributed by atoms with Crippen molar-refractivity contribution in [1.29, 1.82) is 0 Å². The van der Waals surface area contributed by atoms with Crippen LogP contribution in [0.1, 0.15) is 0 Å². The van der Waals surface area contributed by atoms with E-state index in [1.807, 2.05) is 0 Å². The van der Waals surface area contributed by atoms with Crippen LogP contribution in [-0.2, 0) is 10.0 Å². The summed E-state index contributed by atoms with van der Waals surface area (Å²) >= 11 is 0. The second kappa shape index (κ2) is 8.63. The SMILES string of the molecule is O=[N+]([O-])c1ccccc1S(=O)(=O)N1CC[NH+](CCOc2ccccc2F)CC1. The lowest BCUT2D eigenvalue weighted by atomic mass is 10.3. The van der Waals surface area contributed by atoms with Crippen LogP contribution < -0.4 is 9.64 Å². The summed E-state index contributed by atoms with van der Waals surface area (Å²) in [5, 5.41) is 11.1. The van der Waals surface area contributed by atoms with Gasteiger partial charge in [-0.25, -0.2) is 12.8 Å². The first-order valence-electron chi connectivity index (χ1n) is 8.84. The highest BCUT2D eigenvalue weighted by Gasteiger charge is 2.34. The first-order chi connectivity index (χ1) is 13.4. The number of piperazine rings is 1. The number of benzene rings is 2. The van der Waals surface area contributed by atoms with E-state index < -0.39 is 26.5 Å². The molecule has 0 aliphatic carbocycles. The molecule has 0 unspecified atom stereocenters. The number of para-hydroxylation sites is 2. The second-order valence-electron chi connectivity index (χ2n) is 6.41. The molecule has 0 aromatic heterocycles. The van der Waals surface area contributed by atoms with Gasteiger partial charge in [0.1, 0.15) is 13.2 Å². The fraction of sp³-hybridized carbons (Fsp3) is 0.333. The van der Waals surface area contributed by atoms with Crippen LogP contribution in [0.25, 0.3) is 0 Å². The van der Waals surface area contributed by atoms with E-state index in [1.165, 1.54) is 34.6 Å². The number of quaternary nitrogens is 1. The molecular weight excluding hydrogens is 389 g/mol. The lowest BCUT2D eigenvalue weighted by Gasteiger charge is -2.31. The van der Waals surface area contributed by atoms with Crippen molar-refractivity contribution in [2.75, 3.05) is 39.3 Å². The zero-order valence-electron chi connectivity index (χ0n) is 15.1. The number of nitro benzene ring substituents is 1. The number of sulfonamides is 1. The smallest absolute Gasteiger partial charge is 0.289 e. The number of hydrogen-bond acceptors (Lipinski definition) is 5. The van der Waals surface area contributed by atoms with Crippen LogP contribution in [-0.4, -0.2) is 57.0 Å². The van der Waals surface area contributed by atoms with Crippen molar-refractivity contribution in [3.05, 3.63) is 64.5 Å². The molecule has 1 saturated heterocycles. The Morgan fingerprint density at radius 3 is 2.43 bits per heavy atom. The van der Waals surface area contributed by atoms with Gasteiger partial charge in [0, 0.05) is 6.07 Å². The van der Waals surface area contributed by atoms with Gasteiger partial charge >= 0.3 is 0 Å². The van der Waals surface area contributed by atoms with Crippen molar-refractivity contribution >= 4 is 15.7 Å². The third-order valence-electron chi connectivity index (χ3n) is 4.66. The second-order valence-corrected chi connectivity index (χ2v) is 8.31. The molecule has 0 saturated carbocycles. The first-order valence-corrected chi connectivity index (χ1v) is 10.3. The molecule has 10 heteroatoms. The zero-order chi connectivity index (χ0) is 20.1. The highest BCUT2D eigenvalue weighted by molar-refractivity contribution is 7.89. The maximum Gasteiger partial charge on any atom is 0.289 e. The number of ether oxygens (including phenoxy) is 1. The zero-order valence-corrected chi connectivity index (χ0v) is 15.9. The maximum absolute atomic E-state index is 13.5. The van der Waals surface area contributed by atoms with Crippen LogP contribution >= 0.6 is 0 Å². The van der Waals surface area contributed by atoms with Crippen molar-refractivity contribution in [2.24, 2.45) is 0 Å².